The van der Waals surface area contributed by atoms with E-state index >= 15 is 0 Å². The maximum absolute atomic E-state index is 9.70. The van der Waals surface area contributed by atoms with Crippen LogP contribution in [0.3, 0.4) is 0 Å². The second-order valence-corrected chi connectivity index (χ2v) is 5.71. The molecule has 20 heavy (non-hydrogen) atoms. The van der Waals surface area contributed by atoms with E-state index in [1.165, 1.54) is 16.8 Å². The minimum atomic E-state index is -0.246. The van der Waals surface area contributed by atoms with Crippen molar-refractivity contribution < 1.29 is 5.11 Å². The maximum Gasteiger partial charge on any atom is 0.0518 e. The molecule has 0 radical (unpaired) electrons. The van der Waals surface area contributed by atoms with E-state index in [0.717, 1.165) is 19.5 Å². The van der Waals surface area contributed by atoms with Gasteiger partial charge in [0.15, 0.2) is 0 Å². The van der Waals surface area contributed by atoms with Crippen LogP contribution in [-0.4, -0.2) is 17.8 Å². The molecule has 0 spiro atoms. The van der Waals surface area contributed by atoms with Crippen LogP contribution in [0.15, 0.2) is 54.6 Å². The summed E-state index contributed by atoms with van der Waals surface area (Å²) in [5.74, 6) is 0.440. The standard InChI is InChI=1S/C18H21NO/c1-14(20)11-16-13-19(12-15-7-3-2-4-8-15)18-10-6-5-9-17(16)18/h2-10,14,16,20H,11-13H2,1H3. The van der Waals surface area contributed by atoms with Crippen molar-refractivity contribution in [1.82, 2.24) is 0 Å². The van der Waals surface area contributed by atoms with E-state index in [9.17, 15) is 5.11 Å². The number of nitrogens with zero attached hydrogens (tertiary/aromatic N) is 1. The Morgan fingerprint density at radius 2 is 1.80 bits per heavy atom. The highest BCUT2D eigenvalue weighted by Crippen LogP contribution is 2.39. The van der Waals surface area contributed by atoms with Crippen LogP contribution < -0.4 is 4.90 Å². The first-order valence-electron chi connectivity index (χ1n) is 7.30. The van der Waals surface area contributed by atoms with Gasteiger partial charge in [0.25, 0.3) is 0 Å². The van der Waals surface area contributed by atoms with Crippen LogP contribution in [0.4, 0.5) is 5.69 Å². The molecule has 1 aliphatic rings. The average molecular weight is 267 g/mol. The molecule has 0 bridgehead atoms. The summed E-state index contributed by atoms with van der Waals surface area (Å²) in [5.41, 5.74) is 4.03. The molecule has 0 aromatic heterocycles. The summed E-state index contributed by atoms with van der Waals surface area (Å²) in [6.45, 7) is 3.82. The van der Waals surface area contributed by atoms with Gasteiger partial charge in [-0.3, -0.25) is 0 Å². The molecule has 0 saturated carbocycles. The number of aliphatic hydroxyl groups is 1. The first-order valence-corrected chi connectivity index (χ1v) is 7.30. The van der Waals surface area contributed by atoms with Gasteiger partial charge in [0.05, 0.1) is 6.10 Å². The quantitative estimate of drug-likeness (QED) is 0.915. The van der Waals surface area contributed by atoms with Gasteiger partial charge in [-0.1, -0.05) is 48.5 Å². The van der Waals surface area contributed by atoms with E-state index in [1.54, 1.807) is 0 Å². The molecular weight excluding hydrogens is 246 g/mol. The number of rotatable bonds is 4. The molecule has 1 N–H and O–H groups in total. The number of benzene rings is 2. The van der Waals surface area contributed by atoms with Gasteiger partial charge in [0.2, 0.25) is 0 Å². The average Bonchev–Trinajstić information content (AvgIpc) is 2.78. The van der Waals surface area contributed by atoms with Crippen LogP contribution in [0.1, 0.15) is 30.4 Å². The minimum Gasteiger partial charge on any atom is -0.393 e. The molecule has 2 aromatic rings. The smallest absolute Gasteiger partial charge is 0.0518 e. The second-order valence-electron chi connectivity index (χ2n) is 5.71. The summed E-state index contributed by atoms with van der Waals surface area (Å²) in [6, 6.07) is 19.2. The van der Waals surface area contributed by atoms with Crippen molar-refractivity contribution in [2.75, 3.05) is 11.4 Å². The largest absolute Gasteiger partial charge is 0.393 e. The van der Waals surface area contributed by atoms with Gasteiger partial charge in [-0.2, -0.15) is 0 Å². The first kappa shape index (κ1) is 13.2. The highest BCUT2D eigenvalue weighted by Gasteiger charge is 2.28. The minimum absolute atomic E-state index is 0.246. The normalized spacial score (nSPS) is 18.9. The SMILES string of the molecule is CC(O)CC1CN(Cc2ccccc2)c2ccccc21. The van der Waals surface area contributed by atoms with Gasteiger partial charge in [-0.25, -0.2) is 0 Å². The van der Waals surface area contributed by atoms with E-state index in [2.05, 4.69) is 59.5 Å². The first-order chi connectivity index (χ1) is 9.74. The molecule has 1 aliphatic heterocycles. The van der Waals surface area contributed by atoms with Crippen molar-refractivity contribution in [3.63, 3.8) is 0 Å². The molecular formula is C18H21NO. The number of para-hydroxylation sites is 1. The lowest BCUT2D eigenvalue weighted by Crippen LogP contribution is -2.22. The van der Waals surface area contributed by atoms with E-state index in [0.29, 0.717) is 5.92 Å². The van der Waals surface area contributed by atoms with Gasteiger partial charge in [-0.05, 0) is 30.5 Å². The van der Waals surface area contributed by atoms with Gasteiger partial charge < -0.3 is 10.0 Å². The Kier molecular flexibility index (Phi) is 3.75. The summed E-state index contributed by atoms with van der Waals surface area (Å²) in [4.78, 5) is 2.43. The van der Waals surface area contributed by atoms with Crippen LogP contribution in [0.25, 0.3) is 0 Å². The van der Waals surface area contributed by atoms with Crippen molar-refractivity contribution in [2.24, 2.45) is 0 Å². The van der Waals surface area contributed by atoms with Crippen molar-refractivity contribution in [1.29, 1.82) is 0 Å². The van der Waals surface area contributed by atoms with Crippen molar-refractivity contribution in [3.8, 4) is 0 Å². The van der Waals surface area contributed by atoms with Crippen LogP contribution >= 0.6 is 0 Å². The molecule has 104 valence electrons. The molecule has 0 fully saturated rings. The van der Waals surface area contributed by atoms with E-state index < -0.39 is 0 Å². The summed E-state index contributed by atoms with van der Waals surface area (Å²) in [6.07, 6.45) is 0.590. The summed E-state index contributed by atoms with van der Waals surface area (Å²) < 4.78 is 0. The molecule has 0 aliphatic carbocycles. The molecule has 2 heteroatoms. The Morgan fingerprint density at radius 1 is 1.10 bits per heavy atom. The molecule has 2 atom stereocenters. The van der Waals surface area contributed by atoms with Crippen LogP contribution in [-0.2, 0) is 6.54 Å². The zero-order chi connectivity index (χ0) is 13.9. The highest BCUT2D eigenvalue weighted by atomic mass is 16.3. The lowest BCUT2D eigenvalue weighted by molar-refractivity contribution is 0.176. The highest BCUT2D eigenvalue weighted by molar-refractivity contribution is 5.60. The lowest BCUT2D eigenvalue weighted by Gasteiger charge is -2.20. The van der Waals surface area contributed by atoms with Crippen LogP contribution in [0, 0.1) is 0 Å². The van der Waals surface area contributed by atoms with Crippen molar-refractivity contribution >= 4 is 5.69 Å². The van der Waals surface area contributed by atoms with Crippen LogP contribution in [0.5, 0.6) is 0 Å². The van der Waals surface area contributed by atoms with E-state index in [1.807, 2.05) is 6.92 Å². The monoisotopic (exact) mass is 267 g/mol. The number of aliphatic hydroxyl groups excluding tert-OH is 1. The number of anilines is 1. The maximum atomic E-state index is 9.70. The fourth-order valence-corrected chi connectivity index (χ4v) is 3.15. The Morgan fingerprint density at radius 3 is 2.55 bits per heavy atom. The van der Waals surface area contributed by atoms with Crippen molar-refractivity contribution in [2.45, 2.75) is 31.9 Å². The zero-order valence-corrected chi connectivity index (χ0v) is 11.9. The molecule has 1 heterocycles. The topological polar surface area (TPSA) is 23.5 Å². The lowest BCUT2D eigenvalue weighted by atomic mass is 9.96. The molecule has 3 rings (SSSR count). The number of fused-ring (bicyclic) bond motifs is 1. The number of hydrogen-bond donors (Lipinski definition) is 1. The Bertz CT molecular complexity index is 565. The molecule has 0 amide bonds. The third kappa shape index (κ3) is 2.70. The van der Waals surface area contributed by atoms with Gasteiger partial charge in [0.1, 0.15) is 0 Å². The Balaban J connectivity index is 1.83. The van der Waals surface area contributed by atoms with Crippen LogP contribution in [0.2, 0.25) is 0 Å². The zero-order valence-electron chi connectivity index (χ0n) is 11.9. The third-order valence-electron chi connectivity index (χ3n) is 4.00. The van der Waals surface area contributed by atoms with E-state index in [4.69, 9.17) is 0 Å². The summed E-state index contributed by atoms with van der Waals surface area (Å²) >= 11 is 0. The van der Waals surface area contributed by atoms with Gasteiger partial charge >= 0.3 is 0 Å². The second kappa shape index (κ2) is 5.68. The van der Waals surface area contributed by atoms with Crippen molar-refractivity contribution in [3.05, 3.63) is 65.7 Å². The summed E-state index contributed by atoms with van der Waals surface area (Å²) in [5, 5.41) is 9.70. The fourth-order valence-electron chi connectivity index (χ4n) is 3.15. The Labute approximate surface area is 120 Å². The molecule has 2 unspecified atom stereocenters. The van der Waals surface area contributed by atoms with Gasteiger partial charge in [-0.15, -0.1) is 0 Å². The molecule has 0 saturated heterocycles. The summed E-state index contributed by atoms with van der Waals surface area (Å²) in [7, 11) is 0. The molecule has 2 aromatic carbocycles. The Hall–Kier alpha value is -1.80. The third-order valence-corrected chi connectivity index (χ3v) is 4.00. The fraction of sp³-hybridized carbons (Fsp3) is 0.333. The number of hydrogen-bond acceptors (Lipinski definition) is 2. The van der Waals surface area contributed by atoms with E-state index in [-0.39, 0.29) is 6.10 Å². The predicted molar refractivity (Wildman–Crippen MR) is 83.0 cm³/mol. The molecule has 2 nitrogen and oxygen atoms in total. The predicted octanol–water partition coefficient (Wildman–Crippen LogP) is 3.56. The van der Waals surface area contributed by atoms with Gasteiger partial charge in [0, 0.05) is 24.7 Å².